The van der Waals surface area contributed by atoms with Gasteiger partial charge in [-0.05, 0) is 19.1 Å². The van der Waals surface area contributed by atoms with Gasteiger partial charge in [-0.15, -0.1) is 0 Å². The quantitative estimate of drug-likeness (QED) is 0.618. The molecule has 6 nitrogen and oxygen atoms in total. The Morgan fingerprint density at radius 3 is 2.81 bits per heavy atom. The van der Waals surface area contributed by atoms with E-state index in [0.717, 1.165) is 0 Å². The predicted molar refractivity (Wildman–Crippen MR) is 78.9 cm³/mol. The molecule has 0 N–H and O–H groups in total. The number of nitrogens with zero attached hydrogens (tertiary/aromatic N) is 3. The molecule has 0 bridgehead atoms. The largest absolute Gasteiger partial charge is 0.467 e. The minimum atomic E-state index is -0.785. The number of rotatable bonds is 3. The van der Waals surface area contributed by atoms with Crippen molar-refractivity contribution >= 4 is 16.9 Å². The number of aromatic nitrogens is 2. The Kier molecular flexibility index (Phi) is 2.97. The van der Waals surface area contributed by atoms with Crippen molar-refractivity contribution in [2.24, 2.45) is 0 Å². The monoisotopic (exact) mass is 287 g/mol. The van der Waals surface area contributed by atoms with E-state index in [1.807, 2.05) is 25.1 Å². The van der Waals surface area contributed by atoms with E-state index in [2.05, 4.69) is 4.98 Å². The van der Waals surface area contributed by atoms with Gasteiger partial charge in [0.2, 0.25) is 0 Å². The Hall–Kier alpha value is -2.37. The molecule has 1 aliphatic rings. The van der Waals surface area contributed by atoms with E-state index in [0.29, 0.717) is 29.7 Å². The van der Waals surface area contributed by atoms with E-state index in [4.69, 9.17) is 4.74 Å². The summed E-state index contributed by atoms with van der Waals surface area (Å²) in [5.41, 5.74) is -0.255. The van der Waals surface area contributed by atoms with Gasteiger partial charge in [-0.2, -0.15) is 0 Å². The Balaban J connectivity index is 2.18. The maximum Gasteiger partial charge on any atom is 0.334 e. The number of para-hydroxylation sites is 1. The minimum Gasteiger partial charge on any atom is -0.467 e. The smallest absolute Gasteiger partial charge is 0.334 e. The average Bonchev–Trinajstić information content (AvgIpc) is 3.19. The van der Waals surface area contributed by atoms with Crippen molar-refractivity contribution in [2.75, 3.05) is 18.7 Å². The lowest BCUT2D eigenvalue weighted by Crippen LogP contribution is -2.39. The number of methoxy groups -OCH3 is 1. The van der Waals surface area contributed by atoms with Crippen LogP contribution < -0.4 is 10.6 Å². The molecule has 0 radical (unpaired) electrons. The van der Waals surface area contributed by atoms with Crippen LogP contribution in [-0.4, -0.2) is 34.8 Å². The number of hydrogen-bond acceptors (Lipinski definition) is 5. The highest BCUT2D eigenvalue weighted by atomic mass is 16.5. The summed E-state index contributed by atoms with van der Waals surface area (Å²) in [6, 6.07) is 7.24. The third kappa shape index (κ3) is 1.90. The van der Waals surface area contributed by atoms with E-state index in [-0.39, 0.29) is 11.5 Å². The molecular weight excluding hydrogens is 270 g/mol. The van der Waals surface area contributed by atoms with Crippen LogP contribution in [0.2, 0.25) is 0 Å². The fraction of sp³-hybridized carbons (Fsp3) is 0.400. The second-order valence-corrected chi connectivity index (χ2v) is 5.34. The number of ether oxygens (including phenoxy) is 1. The lowest BCUT2D eigenvalue weighted by molar-refractivity contribution is -0.142. The molecule has 0 amide bonds. The molecule has 2 aromatic rings. The SMILES string of the molecule is CCc1nc2ccccc2c(=O)n1N1CC1(C)C(=O)OC. The Morgan fingerprint density at radius 1 is 1.43 bits per heavy atom. The summed E-state index contributed by atoms with van der Waals surface area (Å²) in [7, 11) is 1.35. The zero-order valence-corrected chi connectivity index (χ0v) is 12.3. The van der Waals surface area contributed by atoms with Gasteiger partial charge >= 0.3 is 5.97 Å². The molecule has 1 unspecified atom stereocenters. The second kappa shape index (κ2) is 4.58. The van der Waals surface area contributed by atoms with Gasteiger partial charge in [-0.3, -0.25) is 9.80 Å². The number of carbonyl (C=O) groups is 1. The molecule has 6 heteroatoms. The topological polar surface area (TPSA) is 64.2 Å². The highest BCUT2D eigenvalue weighted by molar-refractivity contribution is 5.88. The maximum absolute atomic E-state index is 12.7. The van der Waals surface area contributed by atoms with E-state index in [9.17, 15) is 9.59 Å². The predicted octanol–water partition coefficient (Wildman–Crippen LogP) is 0.842. The molecule has 21 heavy (non-hydrogen) atoms. The Bertz CT molecular complexity index is 783. The van der Waals surface area contributed by atoms with E-state index in [1.165, 1.54) is 11.8 Å². The molecule has 1 saturated heterocycles. The molecule has 3 rings (SSSR count). The standard InChI is InChI=1S/C15H17N3O3/c1-4-12-16-11-8-6-5-7-10(11)13(19)18(12)17-9-15(17,2)14(20)21-3/h5-8H,4,9H2,1-3H3. The van der Waals surface area contributed by atoms with Gasteiger partial charge in [0.15, 0.2) is 5.54 Å². The number of hydrogen-bond donors (Lipinski definition) is 0. The Morgan fingerprint density at radius 2 is 2.14 bits per heavy atom. The van der Waals surface area contributed by atoms with Crippen molar-refractivity contribution in [1.29, 1.82) is 0 Å². The second-order valence-electron chi connectivity index (χ2n) is 5.34. The molecule has 1 aromatic carbocycles. The zero-order chi connectivity index (χ0) is 15.2. The van der Waals surface area contributed by atoms with E-state index >= 15 is 0 Å². The molecule has 1 aliphatic heterocycles. The number of carbonyl (C=O) groups excluding carboxylic acids is 1. The van der Waals surface area contributed by atoms with Crippen molar-refractivity contribution in [2.45, 2.75) is 25.8 Å². The first-order valence-corrected chi connectivity index (χ1v) is 6.90. The van der Waals surface area contributed by atoms with Crippen LogP contribution in [0.25, 0.3) is 10.9 Å². The van der Waals surface area contributed by atoms with Crippen LogP contribution >= 0.6 is 0 Å². The first kappa shape index (κ1) is 13.6. The summed E-state index contributed by atoms with van der Waals surface area (Å²) >= 11 is 0. The first-order valence-electron chi connectivity index (χ1n) is 6.90. The van der Waals surface area contributed by atoms with Gasteiger partial charge in [0.25, 0.3) is 5.56 Å². The van der Waals surface area contributed by atoms with Crippen molar-refractivity contribution in [3.63, 3.8) is 0 Å². The van der Waals surface area contributed by atoms with Crippen molar-refractivity contribution in [1.82, 2.24) is 9.66 Å². The first-order chi connectivity index (χ1) is 10.0. The summed E-state index contributed by atoms with van der Waals surface area (Å²) in [5.74, 6) is 0.302. The third-order valence-electron chi connectivity index (χ3n) is 3.93. The lowest BCUT2D eigenvalue weighted by Gasteiger charge is -2.17. The average molecular weight is 287 g/mol. The van der Waals surface area contributed by atoms with Crippen LogP contribution in [0.4, 0.5) is 0 Å². The highest BCUT2D eigenvalue weighted by Gasteiger charge is 2.57. The zero-order valence-electron chi connectivity index (χ0n) is 12.3. The van der Waals surface area contributed by atoms with E-state index in [1.54, 1.807) is 18.0 Å². The molecule has 2 heterocycles. The number of fused-ring (bicyclic) bond motifs is 1. The van der Waals surface area contributed by atoms with Crippen LogP contribution in [-0.2, 0) is 16.0 Å². The van der Waals surface area contributed by atoms with E-state index < -0.39 is 5.54 Å². The maximum atomic E-state index is 12.7. The molecule has 1 atom stereocenters. The molecule has 1 fully saturated rings. The van der Waals surface area contributed by atoms with Gasteiger partial charge < -0.3 is 4.74 Å². The van der Waals surface area contributed by atoms with Gasteiger partial charge in [0.1, 0.15) is 5.82 Å². The molecule has 110 valence electrons. The summed E-state index contributed by atoms with van der Waals surface area (Å²) < 4.78 is 6.33. The minimum absolute atomic E-state index is 0.148. The van der Waals surface area contributed by atoms with Gasteiger partial charge in [-0.1, -0.05) is 19.1 Å². The highest BCUT2D eigenvalue weighted by Crippen LogP contribution is 2.31. The third-order valence-corrected chi connectivity index (χ3v) is 3.93. The molecule has 0 saturated carbocycles. The van der Waals surface area contributed by atoms with Crippen LogP contribution in [0.15, 0.2) is 29.1 Å². The molecule has 0 aliphatic carbocycles. The van der Waals surface area contributed by atoms with Crippen LogP contribution in [0, 0.1) is 0 Å². The van der Waals surface area contributed by atoms with Crippen LogP contribution in [0.5, 0.6) is 0 Å². The molecule has 0 spiro atoms. The lowest BCUT2D eigenvalue weighted by atomic mass is 10.2. The fourth-order valence-corrected chi connectivity index (χ4v) is 2.58. The van der Waals surface area contributed by atoms with Crippen molar-refractivity contribution in [3.05, 3.63) is 40.4 Å². The number of aryl methyl sites for hydroxylation is 1. The summed E-state index contributed by atoms with van der Waals surface area (Å²) in [6.45, 7) is 4.15. The van der Waals surface area contributed by atoms with Gasteiger partial charge in [0.05, 0.1) is 24.6 Å². The normalized spacial score (nSPS) is 20.6. The Labute approximate surface area is 121 Å². The van der Waals surface area contributed by atoms with Crippen molar-refractivity contribution < 1.29 is 9.53 Å². The number of esters is 1. The summed E-state index contributed by atoms with van der Waals surface area (Å²) in [5, 5.41) is 2.26. The van der Waals surface area contributed by atoms with Crippen LogP contribution in [0.1, 0.15) is 19.7 Å². The van der Waals surface area contributed by atoms with Crippen LogP contribution in [0.3, 0.4) is 0 Å². The van der Waals surface area contributed by atoms with Gasteiger partial charge in [0, 0.05) is 6.42 Å². The molecular formula is C15H17N3O3. The summed E-state index contributed by atoms with van der Waals surface area (Å²) in [4.78, 5) is 29.1. The molecule has 1 aromatic heterocycles. The number of benzene rings is 1. The summed E-state index contributed by atoms with van der Waals surface area (Å²) in [6.07, 6.45) is 0.605. The van der Waals surface area contributed by atoms with Gasteiger partial charge in [-0.25, -0.2) is 14.5 Å². The van der Waals surface area contributed by atoms with Crippen molar-refractivity contribution in [3.8, 4) is 0 Å². The fourth-order valence-electron chi connectivity index (χ4n) is 2.58.